The van der Waals surface area contributed by atoms with Gasteiger partial charge in [-0.1, -0.05) is 36.8 Å². The summed E-state index contributed by atoms with van der Waals surface area (Å²) in [5.41, 5.74) is 2.18. The zero-order valence-corrected chi connectivity index (χ0v) is 21.6. The molecular weight excluding hydrogens is 470 g/mol. The topological polar surface area (TPSA) is 105 Å². The molecule has 1 N–H and O–H groups in total. The van der Waals surface area contributed by atoms with Crippen LogP contribution in [0.3, 0.4) is 0 Å². The Morgan fingerprint density at radius 3 is 2.34 bits per heavy atom. The predicted octanol–water partition coefficient (Wildman–Crippen LogP) is 2.82. The molecule has 2 unspecified atom stereocenters. The summed E-state index contributed by atoms with van der Waals surface area (Å²) in [5.74, 6) is 0.112. The highest BCUT2D eigenvalue weighted by atomic mass is 32.2. The summed E-state index contributed by atoms with van der Waals surface area (Å²) in [5, 5.41) is 2.91. The summed E-state index contributed by atoms with van der Waals surface area (Å²) < 4.78 is 37.0. The fraction of sp³-hybridized carbons (Fsp3) is 0.440. The summed E-state index contributed by atoms with van der Waals surface area (Å²) in [6.07, 6.45) is 1.78. The molecule has 0 spiro atoms. The number of fused-ring (bicyclic) bond motifs is 1. The number of nitrogens with zero attached hydrogens (tertiary/aromatic N) is 2. The molecule has 9 nitrogen and oxygen atoms in total. The molecule has 0 bridgehead atoms. The van der Waals surface area contributed by atoms with Crippen molar-refractivity contribution in [2.75, 3.05) is 23.9 Å². The fourth-order valence-electron chi connectivity index (χ4n) is 3.59. The molecule has 10 heteroatoms. The zero-order valence-electron chi connectivity index (χ0n) is 20.8. The van der Waals surface area contributed by atoms with E-state index in [-0.39, 0.29) is 31.0 Å². The molecule has 0 aliphatic carbocycles. The minimum Gasteiger partial charge on any atom is -0.454 e. The van der Waals surface area contributed by atoms with Crippen LogP contribution in [0, 0.1) is 6.92 Å². The number of rotatable bonds is 10. The van der Waals surface area contributed by atoms with E-state index in [0.717, 1.165) is 28.1 Å². The maximum Gasteiger partial charge on any atom is 0.244 e. The summed E-state index contributed by atoms with van der Waals surface area (Å²) >= 11 is 0. The number of anilines is 1. The van der Waals surface area contributed by atoms with Crippen LogP contribution in [0.5, 0.6) is 11.5 Å². The zero-order chi connectivity index (χ0) is 25.8. The van der Waals surface area contributed by atoms with Crippen LogP contribution in [0.15, 0.2) is 42.5 Å². The lowest BCUT2D eigenvalue weighted by Crippen LogP contribution is -2.52. The van der Waals surface area contributed by atoms with Gasteiger partial charge in [-0.15, -0.1) is 0 Å². The third-order valence-electron chi connectivity index (χ3n) is 5.97. The minimum absolute atomic E-state index is 0.0454. The number of amides is 2. The molecule has 2 aromatic rings. The summed E-state index contributed by atoms with van der Waals surface area (Å²) in [7, 11) is -3.82. The quantitative estimate of drug-likeness (QED) is 0.535. The first-order chi connectivity index (χ1) is 16.5. The Morgan fingerprint density at radius 2 is 1.71 bits per heavy atom. The molecule has 2 atom stereocenters. The molecule has 0 saturated carbocycles. The van der Waals surface area contributed by atoms with E-state index >= 15 is 0 Å². The number of carbonyl (C=O) groups excluding carboxylic acids is 2. The van der Waals surface area contributed by atoms with Crippen LogP contribution in [0.25, 0.3) is 0 Å². The number of benzene rings is 2. The maximum atomic E-state index is 13.6. The molecule has 2 aromatic carbocycles. The molecule has 190 valence electrons. The molecule has 2 amide bonds. The van der Waals surface area contributed by atoms with Crippen molar-refractivity contribution >= 4 is 27.5 Å². The Bertz CT molecular complexity index is 1170. The van der Waals surface area contributed by atoms with Gasteiger partial charge in [0.15, 0.2) is 11.5 Å². The number of sulfonamides is 1. The average molecular weight is 504 g/mol. The Morgan fingerprint density at radius 1 is 1.06 bits per heavy atom. The van der Waals surface area contributed by atoms with Crippen LogP contribution in [0.4, 0.5) is 5.69 Å². The highest BCUT2D eigenvalue weighted by molar-refractivity contribution is 7.92. The van der Waals surface area contributed by atoms with Crippen molar-refractivity contribution in [2.45, 2.75) is 52.7 Å². The van der Waals surface area contributed by atoms with Gasteiger partial charge in [-0.2, -0.15) is 0 Å². The van der Waals surface area contributed by atoms with Gasteiger partial charge in [0.2, 0.25) is 28.6 Å². The molecule has 0 fully saturated rings. The highest BCUT2D eigenvalue weighted by Crippen LogP contribution is 2.36. The second-order valence-corrected chi connectivity index (χ2v) is 10.7. The van der Waals surface area contributed by atoms with Gasteiger partial charge in [-0.05, 0) is 44.9 Å². The largest absolute Gasteiger partial charge is 0.454 e. The minimum atomic E-state index is -3.82. The van der Waals surface area contributed by atoms with Gasteiger partial charge in [-0.3, -0.25) is 13.9 Å². The number of nitrogens with one attached hydrogen (secondary N) is 1. The van der Waals surface area contributed by atoms with E-state index < -0.39 is 28.5 Å². The molecular formula is C25H33N3O6S. The Hall–Kier alpha value is -3.27. The van der Waals surface area contributed by atoms with Gasteiger partial charge in [0.1, 0.15) is 12.6 Å². The SMILES string of the molecule is CCC(C)NC(=O)C(C)N(Cc1ccc(C)cc1)C(=O)CN(c1ccc2c(c1)OCO2)S(C)(=O)=O. The third kappa shape index (κ3) is 6.66. The number of hydrogen-bond donors (Lipinski definition) is 1. The van der Waals surface area contributed by atoms with Crippen LogP contribution >= 0.6 is 0 Å². The molecule has 0 saturated heterocycles. The van der Waals surface area contributed by atoms with Crippen molar-refractivity contribution in [2.24, 2.45) is 0 Å². The molecule has 1 aliphatic rings. The molecule has 3 rings (SSSR count). The van der Waals surface area contributed by atoms with Crippen molar-refractivity contribution in [3.63, 3.8) is 0 Å². The van der Waals surface area contributed by atoms with Crippen LogP contribution in [-0.4, -0.2) is 56.8 Å². The van der Waals surface area contributed by atoms with Crippen molar-refractivity contribution in [1.82, 2.24) is 10.2 Å². The van der Waals surface area contributed by atoms with Crippen molar-refractivity contribution in [3.05, 3.63) is 53.6 Å². The number of hydrogen-bond acceptors (Lipinski definition) is 6. The van der Waals surface area contributed by atoms with Gasteiger partial charge >= 0.3 is 0 Å². The number of carbonyl (C=O) groups is 2. The number of aryl methyl sites for hydroxylation is 1. The highest BCUT2D eigenvalue weighted by Gasteiger charge is 2.31. The third-order valence-corrected chi connectivity index (χ3v) is 7.11. The van der Waals surface area contributed by atoms with Crippen LogP contribution in [0.1, 0.15) is 38.3 Å². The average Bonchev–Trinajstić information content (AvgIpc) is 3.28. The summed E-state index contributed by atoms with van der Waals surface area (Å²) in [6, 6.07) is 11.5. The summed E-state index contributed by atoms with van der Waals surface area (Å²) in [6.45, 7) is 7.20. The Kier molecular flexibility index (Phi) is 8.26. The van der Waals surface area contributed by atoms with Crippen LogP contribution < -0.4 is 19.1 Å². The van der Waals surface area contributed by atoms with Gasteiger partial charge in [0, 0.05) is 18.7 Å². The summed E-state index contributed by atoms with van der Waals surface area (Å²) in [4.78, 5) is 27.9. The number of ether oxygens (including phenoxy) is 2. The van der Waals surface area contributed by atoms with E-state index in [4.69, 9.17) is 9.47 Å². The van der Waals surface area contributed by atoms with Crippen LogP contribution in [0.2, 0.25) is 0 Å². The van der Waals surface area contributed by atoms with Crippen molar-refractivity contribution < 1.29 is 27.5 Å². The lowest BCUT2D eigenvalue weighted by Gasteiger charge is -2.32. The van der Waals surface area contributed by atoms with E-state index in [1.807, 2.05) is 45.0 Å². The van der Waals surface area contributed by atoms with E-state index in [1.165, 1.54) is 11.0 Å². The van der Waals surface area contributed by atoms with Gasteiger partial charge in [0.05, 0.1) is 11.9 Å². The van der Waals surface area contributed by atoms with Gasteiger partial charge in [-0.25, -0.2) is 8.42 Å². The van der Waals surface area contributed by atoms with E-state index in [0.29, 0.717) is 11.5 Å². The standard InChI is InChI=1S/C25H33N3O6S/c1-6-18(3)26-25(30)19(4)27(14-20-9-7-17(2)8-10-20)24(29)15-28(35(5,31)32)21-11-12-22-23(13-21)34-16-33-22/h7-13,18-19H,6,14-16H2,1-5H3,(H,26,30). The fourth-order valence-corrected chi connectivity index (χ4v) is 4.43. The van der Waals surface area contributed by atoms with E-state index in [1.54, 1.807) is 19.1 Å². The van der Waals surface area contributed by atoms with E-state index in [9.17, 15) is 18.0 Å². The Labute approximate surface area is 207 Å². The van der Waals surface area contributed by atoms with Crippen LogP contribution in [-0.2, 0) is 26.2 Å². The first kappa shape index (κ1) is 26.3. The first-order valence-corrected chi connectivity index (χ1v) is 13.4. The molecule has 35 heavy (non-hydrogen) atoms. The monoisotopic (exact) mass is 503 g/mol. The van der Waals surface area contributed by atoms with Gasteiger partial charge < -0.3 is 19.7 Å². The first-order valence-electron chi connectivity index (χ1n) is 11.5. The Balaban J connectivity index is 1.90. The molecule has 0 aromatic heterocycles. The second-order valence-electron chi connectivity index (χ2n) is 8.81. The lowest BCUT2D eigenvalue weighted by molar-refractivity contribution is -0.139. The normalized spacial score (nSPS) is 14.2. The lowest BCUT2D eigenvalue weighted by atomic mass is 10.1. The molecule has 1 aliphatic heterocycles. The molecule has 1 heterocycles. The smallest absolute Gasteiger partial charge is 0.244 e. The second kappa shape index (κ2) is 11.0. The van der Waals surface area contributed by atoms with E-state index in [2.05, 4.69) is 5.32 Å². The van der Waals surface area contributed by atoms with Gasteiger partial charge in [0.25, 0.3) is 0 Å². The van der Waals surface area contributed by atoms with Crippen molar-refractivity contribution in [3.8, 4) is 11.5 Å². The predicted molar refractivity (Wildman–Crippen MR) is 134 cm³/mol. The van der Waals surface area contributed by atoms with Crippen molar-refractivity contribution in [1.29, 1.82) is 0 Å². The maximum absolute atomic E-state index is 13.6. The molecule has 0 radical (unpaired) electrons.